The van der Waals surface area contributed by atoms with Gasteiger partial charge in [0.25, 0.3) is 0 Å². The SMILES string of the molecule is CCCCCCCCCCCCCCCCCCCCC[C@@H](O)C(=O)N[C@@H](CO[C@@H]1O[C@H](CO)[C@H](O)[C@H](O)[C@H]1O)[C@H](O)[C@H](O)CCCCCCCCCC(C)CC. The Bertz CT molecular complexity index is 912. The van der Waals surface area contributed by atoms with Crippen LogP contribution >= 0.6 is 0 Å². The molecule has 8 N–H and O–H groups in total. The first-order valence-corrected chi connectivity index (χ1v) is 23.8. The first-order valence-electron chi connectivity index (χ1n) is 23.8. The molecular weight excluding hydrogens is 727 g/mol. The van der Waals surface area contributed by atoms with Crippen LogP contribution in [0.2, 0.25) is 0 Å². The molecule has 11 heteroatoms. The molecule has 0 saturated carbocycles. The lowest BCUT2D eigenvalue weighted by atomic mass is 9.98. The Hall–Kier alpha value is -0.890. The van der Waals surface area contributed by atoms with E-state index in [0.717, 1.165) is 44.4 Å². The van der Waals surface area contributed by atoms with Crippen molar-refractivity contribution in [1.29, 1.82) is 0 Å². The van der Waals surface area contributed by atoms with E-state index in [1.165, 1.54) is 128 Å². The lowest BCUT2D eigenvalue weighted by Gasteiger charge is -2.40. The maximum absolute atomic E-state index is 13.1. The van der Waals surface area contributed by atoms with Crippen molar-refractivity contribution in [2.45, 2.75) is 268 Å². The molecule has 1 aliphatic rings. The molecule has 10 atom stereocenters. The number of carbonyl (C=O) groups is 1. The molecule has 1 saturated heterocycles. The third kappa shape index (κ3) is 26.1. The number of ether oxygens (including phenoxy) is 2. The minimum absolute atomic E-state index is 0.265. The standard InChI is InChI=1S/C46H91NO10/c1-4-6-7-8-9-10-11-12-13-14-15-16-17-18-19-20-23-27-30-33-39(50)45(55)47-37(35-56-46-44(54)43(53)42(52)40(34-48)57-46)41(51)38(49)32-29-26-24-21-22-25-28-31-36(3)5-2/h36-44,46,48-54H,4-35H2,1-3H3,(H,47,55)/t36?,37-,38+,39+,40+,41-,42-,43-,44+,46+/m0/s1. The van der Waals surface area contributed by atoms with Gasteiger partial charge in [-0.15, -0.1) is 0 Å². The molecule has 0 bridgehead atoms. The summed E-state index contributed by atoms with van der Waals surface area (Å²) in [6, 6.07) is -1.16. The Morgan fingerprint density at radius 1 is 0.596 bits per heavy atom. The van der Waals surface area contributed by atoms with E-state index in [2.05, 4.69) is 26.1 Å². The van der Waals surface area contributed by atoms with Gasteiger partial charge in [-0.2, -0.15) is 0 Å². The molecule has 11 nitrogen and oxygen atoms in total. The number of unbranched alkanes of at least 4 members (excludes halogenated alkanes) is 24. The van der Waals surface area contributed by atoms with Crippen LogP contribution in [0.3, 0.4) is 0 Å². The molecule has 1 rings (SSSR count). The van der Waals surface area contributed by atoms with E-state index in [-0.39, 0.29) is 6.42 Å². The summed E-state index contributed by atoms with van der Waals surface area (Å²) < 4.78 is 11.1. The zero-order valence-electron chi connectivity index (χ0n) is 36.8. The molecule has 1 aliphatic heterocycles. The average Bonchev–Trinajstić information content (AvgIpc) is 3.21. The van der Waals surface area contributed by atoms with Gasteiger partial charge in [0, 0.05) is 0 Å². The van der Waals surface area contributed by atoms with Gasteiger partial charge >= 0.3 is 0 Å². The molecule has 0 aromatic rings. The number of rotatable bonds is 39. The second-order valence-corrected chi connectivity index (χ2v) is 17.4. The summed E-state index contributed by atoms with van der Waals surface area (Å²) in [7, 11) is 0. The van der Waals surface area contributed by atoms with Crippen LogP contribution in [-0.2, 0) is 14.3 Å². The molecule has 340 valence electrons. The summed E-state index contributed by atoms with van der Waals surface area (Å²) in [6.07, 6.45) is 23.1. The topological polar surface area (TPSA) is 189 Å². The van der Waals surface area contributed by atoms with E-state index in [9.17, 15) is 40.5 Å². The van der Waals surface area contributed by atoms with Gasteiger partial charge in [0.1, 0.15) is 36.6 Å². The van der Waals surface area contributed by atoms with E-state index in [1.807, 2.05) is 0 Å². The van der Waals surface area contributed by atoms with E-state index in [1.54, 1.807) is 0 Å². The first-order chi connectivity index (χ1) is 27.6. The van der Waals surface area contributed by atoms with Gasteiger partial charge in [-0.3, -0.25) is 4.79 Å². The Labute approximate surface area is 348 Å². The van der Waals surface area contributed by atoms with Crippen LogP contribution in [0.4, 0.5) is 0 Å². The van der Waals surface area contributed by atoms with Crippen molar-refractivity contribution in [2.75, 3.05) is 13.2 Å². The highest BCUT2D eigenvalue weighted by Crippen LogP contribution is 2.23. The number of hydrogen-bond donors (Lipinski definition) is 8. The smallest absolute Gasteiger partial charge is 0.249 e. The van der Waals surface area contributed by atoms with Crippen LogP contribution in [0.5, 0.6) is 0 Å². The maximum atomic E-state index is 13.1. The molecular formula is C46H91NO10. The second-order valence-electron chi connectivity index (χ2n) is 17.4. The predicted molar refractivity (Wildman–Crippen MR) is 229 cm³/mol. The predicted octanol–water partition coefficient (Wildman–Crippen LogP) is 7.75. The third-order valence-corrected chi connectivity index (χ3v) is 12.2. The molecule has 0 spiro atoms. The molecule has 1 fully saturated rings. The quantitative estimate of drug-likeness (QED) is 0.0285. The zero-order chi connectivity index (χ0) is 42.1. The first kappa shape index (κ1) is 54.1. The van der Waals surface area contributed by atoms with Crippen molar-refractivity contribution >= 4 is 5.91 Å². The Balaban J connectivity index is 2.40. The highest BCUT2D eigenvalue weighted by molar-refractivity contribution is 5.80. The summed E-state index contributed by atoms with van der Waals surface area (Å²) >= 11 is 0. The summed E-state index contributed by atoms with van der Waals surface area (Å²) in [5.74, 6) is 0.0834. The van der Waals surface area contributed by atoms with Crippen molar-refractivity contribution in [3.8, 4) is 0 Å². The van der Waals surface area contributed by atoms with Crippen molar-refractivity contribution < 1.29 is 50.0 Å². The number of amides is 1. The van der Waals surface area contributed by atoms with Gasteiger partial charge in [0.2, 0.25) is 5.91 Å². The van der Waals surface area contributed by atoms with Crippen LogP contribution < -0.4 is 5.32 Å². The van der Waals surface area contributed by atoms with E-state index < -0.39 is 74.2 Å². The van der Waals surface area contributed by atoms with Crippen molar-refractivity contribution in [2.24, 2.45) is 5.92 Å². The van der Waals surface area contributed by atoms with Crippen LogP contribution in [0.1, 0.15) is 213 Å². The average molecular weight is 818 g/mol. The Morgan fingerprint density at radius 3 is 1.46 bits per heavy atom. The molecule has 1 heterocycles. The maximum Gasteiger partial charge on any atom is 0.249 e. The summed E-state index contributed by atoms with van der Waals surface area (Å²) in [6.45, 7) is 5.74. The van der Waals surface area contributed by atoms with Crippen LogP contribution in [-0.4, -0.2) is 110 Å². The fourth-order valence-corrected chi connectivity index (χ4v) is 7.83. The second kappa shape index (κ2) is 35.8. The van der Waals surface area contributed by atoms with E-state index in [0.29, 0.717) is 19.3 Å². The fraction of sp³-hybridized carbons (Fsp3) is 0.978. The van der Waals surface area contributed by atoms with Crippen molar-refractivity contribution in [1.82, 2.24) is 5.32 Å². The summed E-state index contributed by atoms with van der Waals surface area (Å²) in [4.78, 5) is 13.1. The molecule has 1 amide bonds. The molecule has 0 aromatic heterocycles. The van der Waals surface area contributed by atoms with Crippen LogP contribution in [0.25, 0.3) is 0 Å². The summed E-state index contributed by atoms with van der Waals surface area (Å²) in [5.41, 5.74) is 0. The lowest BCUT2D eigenvalue weighted by molar-refractivity contribution is -0.303. The lowest BCUT2D eigenvalue weighted by Crippen LogP contribution is -2.60. The largest absolute Gasteiger partial charge is 0.394 e. The van der Waals surface area contributed by atoms with Gasteiger partial charge < -0.3 is 50.5 Å². The molecule has 0 aromatic carbocycles. The van der Waals surface area contributed by atoms with Gasteiger partial charge in [0.15, 0.2) is 6.29 Å². The number of aliphatic hydroxyl groups is 7. The van der Waals surface area contributed by atoms with Gasteiger partial charge in [-0.25, -0.2) is 0 Å². The minimum Gasteiger partial charge on any atom is -0.394 e. The Kier molecular flexibility index (Phi) is 34.0. The summed E-state index contributed by atoms with van der Waals surface area (Å²) in [5, 5.41) is 75.6. The zero-order valence-corrected chi connectivity index (χ0v) is 36.8. The van der Waals surface area contributed by atoms with Crippen molar-refractivity contribution in [3.63, 3.8) is 0 Å². The number of aliphatic hydroxyl groups excluding tert-OH is 7. The molecule has 57 heavy (non-hydrogen) atoms. The minimum atomic E-state index is -1.66. The molecule has 0 radical (unpaired) electrons. The fourth-order valence-electron chi connectivity index (χ4n) is 7.83. The van der Waals surface area contributed by atoms with Gasteiger partial charge in [0.05, 0.1) is 25.4 Å². The van der Waals surface area contributed by atoms with Gasteiger partial charge in [-0.1, -0.05) is 201 Å². The number of nitrogens with one attached hydrogen (secondary N) is 1. The van der Waals surface area contributed by atoms with E-state index >= 15 is 0 Å². The molecule has 0 aliphatic carbocycles. The highest BCUT2D eigenvalue weighted by atomic mass is 16.7. The van der Waals surface area contributed by atoms with E-state index in [4.69, 9.17) is 9.47 Å². The monoisotopic (exact) mass is 818 g/mol. The number of hydrogen-bond acceptors (Lipinski definition) is 10. The van der Waals surface area contributed by atoms with Gasteiger partial charge in [-0.05, 0) is 18.8 Å². The van der Waals surface area contributed by atoms with Crippen molar-refractivity contribution in [3.05, 3.63) is 0 Å². The normalized spacial score (nSPS) is 22.6. The van der Waals surface area contributed by atoms with Crippen LogP contribution in [0.15, 0.2) is 0 Å². The molecule has 1 unspecified atom stereocenters. The third-order valence-electron chi connectivity index (χ3n) is 12.2. The Morgan fingerprint density at radius 2 is 1.02 bits per heavy atom. The number of carbonyl (C=O) groups excluding carboxylic acids is 1. The van der Waals surface area contributed by atoms with Crippen LogP contribution in [0, 0.1) is 5.92 Å². The highest BCUT2D eigenvalue weighted by Gasteiger charge is 2.44.